The summed E-state index contributed by atoms with van der Waals surface area (Å²) in [6, 6.07) is 8.81. The number of thioether (sulfide) groups is 1. The Labute approximate surface area is 189 Å². The molecule has 0 saturated carbocycles. The van der Waals surface area contributed by atoms with Gasteiger partial charge in [-0.1, -0.05) is 19.1 Å². The first kappa shape index (κ1) is 21.4. The Kier molecular flexibility index (Phi) is 5.08. The fourth-order valence-electron chi connectivity index (χ4n) is 3.69. The molecule has 0 atom stereocenters. The molecule has 5 aromatic rings. The zero-order valence-electron chi connectivity index (χ0n) is 17.4. The van der Waals surface area contributed by atoms with Gasteiger partial charge in [0.15, 0.2) is 5.65 Å². The lowest BCUT2D eigenvalue weighted by molar-refractivity contribution is -0.141. The van der Waals surface area contributed by atoms with Crippen molar-refractivity contribution < 1.29 is 17.6 Å². The zero-order valence-corrected chi connectivity index (χ0v) is 18.2. The van der Waals surface area contributed by atoms with Gasteiger partial charge in [-0.3, -0.25) is 0 Å². The summed E-state index contributed by atoms with van der Waals surface area (Å²) in [5.74, 6) is 0.743. The normalized spacial score (nSPS) is 12.2. The van der Waals surface area contributed by atoms with E-state index in [1.807, 2.05) is 6.92 Å². The second-order valence-corrected chi connectivity index (χ2v) is 8.49. The Morgan fingerprint density at radius 3 is 2.64 bits per heavy atom. The quantitative estimate of drug-likeness (QED) is 0.251. The first-order chi connectivity index (χ1) is 15.8. The zero-order chi connectivity index (χ0) is 23.3. The van der Waals surface area contributed by atoms with Gasteiger partial charge in [0.05, 0.1) is 28.5 Å². The maximum absolute atomic E-state index is 13.9. The highest BCUT2D eigenvalue weighted by Crippen LogP contribution is 2.37. The maximum atomic E-state index is 13.9. The van der Waals surface area contributed by atoms with Gasteiger partial charge in [0, 0.05) is 18.8 Å². The van der Waals surface area contributed by atoms with E-state index < -0.39 is 11.9 Å². The largest absolute Gasteiger partial charge is 0.433 e. The van der Waals surface area contributed by atoms with E-state index in [4.69, 9.17) is 5.10 Å². The lowest BCUT2D eigenvalue weighted by Gasteiger charge is -2.06. The van der Waals surface area contributed by atoms with Gasteiger partial charge in [0.2, 0.25) is 0 Å². The van der Waals surface area contributed by atoms with E-state index in [0.717, 1.165) is 6.07 Å². The molecule has 4 heterocycles. The third-order valence-corrected chi connectivity index (χ3v) is 6.02. The van der Waals surface area contributed by atoms with E-state index in [1.54, 1.807) is 40.5 Å². The summed E-state index contributed by atoms with van der Waals surface area (Å²) in [6.45, 7) is 1.97. The van der Waals surface area contributed by atoms with Gasteiger partial charge in [-0.25, -0.2) is 23.9 Å². The van der Waals surface area contributed by atoms with Crippen molar-refractivity contribution in [2.45, 2.75) is 18.1 Å². The van der Waals surface area contributed by atoms with Gasteiger partial charge >= 0.3 is 6.18 Å². The van der Waals surface area contributed by atoms with Crippen molar-refractivity contribution in [3.63, 3.8) is 0 Å². The third kappa shape index (κ3) is 3.62. The Balaban J connectivity index is 1.77. The van der Waals surface area contributed by atoms with Crippen LogP contribution in [0.4, 0.5) is 17.6 Å². The summed E-state index contributed by atoms with van der Waals surface area (Å²) in [6.07, 6.45) is -1.81. The Morgan fingerprint density at radius 1 is 1.09 bits per heavy atom. The molecule has 5 rings (SSSR count). The van der Waals surface area contributed by atoms with Crippen LogP contribution in [0.1, 0.15) is 12.6 Å². The molecule has 0 bridgehead atoms. The van der Waals surface area contributed by atoms with E-state index in [-0.39, 0.29) is 11.3 Å². The molecule has 0 radical (unpaired) electrons. The van der Waals surface area contributed by atoms with Crippen molar-refractivity contribution in [3.8, 4) is 22.6 Å². The number of hydrogen-bond acceptors (Lipinski definition) is 5. The number of alkyl halides is 3. The van der Waals surface area contributed by atoms with Crippen molar-refractivity contribution in [1.82, 2.24) is 29.1 Å². The summed E-state index contributed by atoms with van der Waals surface area (Å²) in [4.78, 5) is 12.5. The number of rotatable bonds is 4. The summed E-state index contributed by atoms with van der Waals surface area (Å²) in [5, 5.41) is 5.32. The Morgan fingerprint density at radius 2 is 1.91 bits per heavy atom. The highest BCUT2D eigenvalue weighted by Gasteiger charge is 2.33. The second kappa shape index (κ2) is 7.84. The van der Waals surface area contributed by atoms with Crippen LogP contribution < -0.4 is 0 Å². The predicted octanol–water partition coefficient (Wildman–Crippen LogP) is 5.61. The average Bonchev–Trinajstić information content (AvgIpc) is 3.30. The number of fused-ring (bicyclic) bond motifs is 2. The molecule has 0 amide bonds. The molecule has 0 fully saturated rings. The average molecular weight is 472 g/mol. The summed E-state index contributed by atoms with van der Waals surface area (Å²) >= 11 is 1.46. The minimum Gasteiger partial charge on any atom is -0.326 e. The molecule has 0 aliphatic rings. The van der Waals surface area contributed by atoms with E-state index in [0.29, 0.717) is 44.6 Å². The van der Waals surface area contributed by atoms with E-state index in [9.17, 15) is 17.6 Å². The van der Waals surface area contributed by atoms with Crippen LogP contribution in [0.2, 0.25) is 0 Å². The highest BCUT2D eigenvalue weighted by molar-refractivity contribution is 7.99. The van der Waals surface area contributed by atoms with Crippen LogP contribution in [0, 0.1) is 5.82 Å². The Bertz CT molecular complexity index is 1500. The van der Waals surface area contributed by atoms with E-state index >= 15 is 0 Å². The molecule has 0 aliphatic heterocycles. The summed E-state index contributed by atoms with van der Waals surface area (Å²) in [5.41, 5.74) is 1.92. The molecule has 168 valence electrons. The Hall–Kier alpha value is -3.47. The summed E-state index contributed by atoms with van der Waals surface area (Å²) in [7, 11) is 1.71. The molecule has 0 spiro atoms. The molecular formula is C22H16F4N6S. The number of pyridine rings is 1. The molecule has 0 aliphatic carbocycles. The van der Waals surface area contributed by atoms with Crippen molar-refractivity contribution in [2.75, 3.05) is 5.75 Å². The minimum absolute atomic E-state index is 0.169. The summed E-state index contributed by atoms with van der Waals surface area (Å²) < 4.78 is 56.6. The highest BCUT2D eigenvalue weighted by atomic mass is 32.2. The molecule has 0 unspecified atom stereocenters. The third-order valence-electron chi connectivity index (χ3n) is 5.17. The van der Waals surface area contributed by atoms with E-state index in [1.165, 1.54) is 30.1 Å². The number of hydrogen-bond donors (Lipinski definition) is 0. The minimum atomic E-state index is -4.57. The monoisotopic (exact) mass is 472 g/mol. The number of halogens is 4. The van der Waals surface area contributed by atoms with Crippen LogP contribution in [0.25, 0.3) is 39.3 Å². The number of aryl methyl sites for hydroxylation is 1. The molecule has 1 aromatic carbocycles. The fourth-order valence-corrected chi connectivity index (χ4v) is 4.43. The SMILES string of the molecule is CCSc1nn2c(-c3cccc(F)c3)ccnc2c1-c1nc2cc(C(F)(F)F)ncc2n1C. The molecular weight excluding hydrogens is 456 g/mol. The number of nitrogens with zero attached hydrogens (tertiary/aromatic N) is 6. The van der Waals surface area contributed by atoms with Crippen LogP contribution in [-0.2, 0) is 13.2 Å². The first-order valence-corrected chi connectivity index (χ1v) is 10.9. The number of aromatic nitrogens is 6. The van der Waals surface area contributed by atoms with Crippen LogP contribution in [0.15, 0.2) is 53.8 Å². The second-order valence-electron chi connectivity index (χ2n) is 7.24. The van der Waals surface area contributed by atoms with Crippen molar-refractivity contribution in [3.05, 3.63) is 60.3 Å². The lowest BCUT2D eigenvalue weighted by Crippen LogP contribution is -2.07. The smallest absolute Gasteiger partial charge is 0.326 e. The van der Waals surface area contributed by atoms with Crippen LogP contribution in [0.3, 0.4) is 0 Å². The van der Waals surface area contributed by atoms with Crippen molar-refractivity contribution in [2.24, 2.45) is 7.05 Å². The fraction of sp³-hybridized carbons (Fsp3) is 0.182. The van der Waals surface area contributed by atoms with E-state index in [2.05, 4.69) is 15.0 Å². The van der Waals surface area contributed by atoms with Crippen molar-refractivity contribution in [1.29, 1.82) is 0 Å². The molecule has 11 heteroatoms. The van der Waals surface area contributed by atoms with Crippen LogP contribution in [-0.4, -0.2) is 34.9 Å². The number of benzene rings is 1. The molecule has 33 heavy (non-hydrogen) atoms. The van der Waals surface area contributed by atoms with Gasteiger partial charge < -0.3 is 4.57 Å². The lowest BCUT2D eigenvalue weighted by atomic mass is 10.1. The molecule has 0 saturated heterocycles. The van der Waals surface area contributed by atoms with Gasteiger partial charge in [-0.2, -0.15) is 18.3 Å². The standard InChI is InChI=1S/C22H16F4N6S/c1-3-33-21-18(20-29-14-10-17(22(24,25)26)28-11-16(14)31(20)2)19-27-8-7-15(32(19)30-21)12-5-4-6-13(23)9-12/h4-11H,3H2,1-2H3. The topological polar surface area (TPSA) is 60.9 Å². The first-order valence-electron chi connectivity index (χ1n) is 9.94. The van der Waals surface area contributed by atoms with Crippen LogP contribution in [0.5, 0.6) is 0 Å². The molecule has 0 N–H and O–H groups in total. The maximum Gasteiger partial charge on any atom is 0.433 e. The van der Waals surface area contributed by atoms with Gasteiger partial charge in [0.1, 0.15) is 22.4 Å². The van der Waals surface area contributed by atoms with Gasteiger partial charge in [-0.15, -0.1) is 11.8 Å². The molecule has 6 nitrogen and oxygen atoms in total. The van der Waals surface area contributed by atoms with Crippen molar-refractivity contribution >= 4 is 28.4 Å². The van der Waals surface area contributed by atoms with Gasteiger partial charge in [0.25, 0.3) is 0 Å². The number of imidazole rings is 1. The molecule has 4 aromatic heterocycles. The van der Waals surface area contributed by atoms with Gasteiger partial charge in [-0.05, 0) is 30.0 Å². The van der Waals surface area contributed by atoms with Crippen LogP contribution >= 0.6 is 11.8 Å². The predicted molar refractivity (Wildman–Crippen MR) is 117 cm³/mol.